The Kier molecular flexibility index (Phi) is 70.2. The number of ether oxygens (including phenoxy) is 3. The molecule has 0 fully saturated rings. The van der Waals surface area contributed by atoms with Crippen molar-refractivity contribution in [2.24, 2.45) is 0 Å². The fraction of sp³-hybridized carbons (Fsp3) is 1.00. The lowest BCUT2D eigenvalue weighted by Crippen LogP contribution is -2.49. The number of hydrogen-bond donors (Lipinski definition) is 4. The molecule has 0 saturated heterocycles. The third-order valence-corrected chi connectivity index (χ3v) is 27.7. The molecule has 0 heterocycles. The van der Waals surface area contributed by atoms with E-state index in [1.54, 1.807) is 0 Å². The molecule has 0 bridgehead atoms. The third kappa shape index (κ3) is 69.3. The largest absolute Gasteiger partial charge is 0.501 e. The van der Waals surface area contributed by atoms with Crippen molar-refractivity contribution in [3.63, 3.8) is 0 Å². The van der Waals surface area contributed by atoms with Crippen molar-refractivity contribution >= 4 is 26.4 Å². The Morgan fingerprint density at radius 2 is 0.549 bits per heavy atom. The molecule has 15 nitrogen and oxygen atoms in total. The van der Waals surface area contributed by atoms with Crippen molar-refractivity contribution in [3.05, 3.63) is 0 Å². The SMILES string of the molecule is CCCCCCCCCCCCCCCCCCN(C)CCC[Si](OCC)(OCC)OC(C)COCC(COCC(C)O[Si](O)(O)CCC[N+](C)(C)CCCCCCCCCCCCCCCCCC)OCC(C)O[Si](O)(O)CCC[N+](C)(C)CCCCCCCCCCCCCCCCCC. The molecule has 0 aromatic heterocycles. The molecule has 0 rings (SSSR count). The maximum Gasteiger partial charge on any atom is 0.501 e. The summed E-state index contributed by atoms with van der Waals surface area (Å²) in [4.78, 5) is 47.2. The van der Waals surface area contributed by atoms with Gasteiger partial charge in [0.25, 0.3) is 0 Å². The van der Waals surface area contributed by atoms with Crippen LogP contribution in [0.3, 0.4) is 0 Å². The van der Waals surface area contributed by atoms with Gasteiger partial charge >= 0.3 is 26.4 Å². The second kappa shape index (κ2) is 70.2. The number of unbranched alkanes of at least 4 members (excludes halogenated alkanes) is 45. The van der Waals surface area contributed by atoms with Gasteiger partial charge in [0, 0.05) is 44.2 Å². The average Bonchev–Trinajstić information content (AvgIpc) is 0.867. The fourth-order valence-corrected chi connectivity index (χ4v) is 20.2. The highest BCUT2D eigenvalue weighted by molar-refractivity contribution is 6.60. The molecule has 0 aromatic carbocycles. The summed E-state index contributed by atoms with van der Waals surface area (Å²) < 4.78 is 52.2. The monoisotopic (exact) mass is 1510 g/mol. The second-order valence-corrected chi connectivity index (χ2v) is 40.3. The highest BCUT2D eigenvalue weighted by Gasteiger charge is 2.42. The van der Waals surface area contributed by atoms with E-state index in [0.717, 1.165) is 60.7 Å². The summed E-state index contributed by atoms with van der Waals surface area (Å²) in [6.07, 6.45) is 65.9. The van der Waals surface area contributed by atoms with Gasteiger partial charge in [-0.05, 0) is 93.3 Å². The highest BCUT2D eigenvalue weighted by Crippen LogP contribution is 2.24. The van der Waals surface area contributed by atoms with Crippen LogP contribution in [0.2, 0.25) is 18.1 Å². The quantitative estimate of drug-likeness (QED) is 0.0259. The lowest BCUT2D eigenvalue weighted by Gasteiger charge is -2.32. The van der Waals surface area contributed by atoms with Gasteiger partial charge in [-0.15, -0.1) is 0 Å². The van der Waals surface area contributed by atoms with Crippen molar-refractivity contribution < 1.29 is 64.5 Å². The molecule has 0 saturated carbocycles. The summed E-state index contributed by atoms with van der Waals surface area (Å²) in [6, 6.07) is 1.19. The van der Waals surface area contributed by atoms with Gasteiger partial charge < -0.3 is 69.4 Å². The minimum atomic E-state index is -3.99. The maximum absolute atomic E-state index is 11.2. The van der Waals surface area contributed by atoms with E-state index in [1.807, 2.05) is 34.6 Å². The van der Waals surface area contributed by atoms with Gasteiger partial charge in [0.15, 0.2) is 0 Å². The van der Waals surface area contributed by atoms with Gasteiger partial charge in [-0.3, -0.25) is 0 Å². The van der Waals surface area contributed by atoms with E-state index < -0.39 is 44.7 Å². The molecule has 0 radical (unpaired) electrons. The van der Waals surface area contributed by atoms with Gasteiger partial charge in [0.2, 0.25) is 0 Å². The summed E-state index contributed by atoms with van der Waals surface area (Å²) in [7, 11) is 0.241. The molecule has 4 N–H and O–H groups in total. The molecular formula is C84H181N3O12Si3+2. The highest BCUT2D eigenvalue weighted by atomic mass is 28.4. The van der Waals surface area contributed by atoms with Crippen molar-refractivity contribution in [1.29, 1.82) is 0 Å². The summed E-state index contributed by atoms with van der Waals surface area (Å²) in [5.74, 6) is 0. The normalized spacial score (nSPS) is 14.1. The van der Waals surface area contributed by atoms with Crippen LogP contribution in [-0.2, 0) is 36.3 Å². The zero-order chi connectivity index (χ0) is 75.4. The third-order valence-electron chi connectivity index (χ3n) is 21.0. The van der Waals surface area contributed by atoms with Gasteiger partial charge in [-0.2, -0.15) is 0 Å². The molecule has 0 amide bonds. The van der Waals surface area contributed by atoms with Crippen molar-refractivity contribution in [2.45, 2.75) is 425 Å². The van der Waals surface area contributed by atoms with Crippen LogP contribution in [0.1, 0.15) is 383 Å². The van der Waals surface area contributed by atoms with E-state index in [1.165, 1.54) is 308 Å². The summed E-state index contributed by atoms with van der Waals surface area (Å²) in [6.45, 7) is 24.3. The molecule has 0 aliphatic rings. The number of rotatable bonds is 84. The lowest BCUT2D eigenvalue weighted by atomic mass is 10.0. The molecule has 0 aliphatic heterocycles. The zero-order valence-electron chi connectivity index (χ0n) is 70.6. The summed E-state index contributed by atoms with van der Waals surface area (Å²) in [5.41, 5.74) is 0. The molecule has 0 aliphatic carbocycles. The standard InChI is InChI=1S/C84H181N3O12Si3/c1-14-19-22-25-28-31-34-37-40-43-46-49-52-55-58-61-67-85(9)68-64-75-102(95-17-4,96-18-5)99-82(7)77-93-80-84(94-78-83(8)98-101(90,91)74-66-72-87(12,13)70-63-60-57-54-51-48-45-42-39-36-33-30-27-24-21-16-3)79-92-76-81(6)97-100(88,89)73-65-71-86(10,11)69-62-59-56-53-50-47-44-41-38-35-32-29-26-23-20-15-2/h81-84,88-91H,14-80H2,1-13H3/q+2. The summed E-state index contributed by atoms with van der Waals surface area (Å²) >= 11 is 0. The Morgan fingerprint density at radius 1 is 0.294 bits per heavy atom. The van der Waals surface area contributed by atoms with Crippen molar-refractivity contribution in [3.8, 4) is 0 Å². The van der Waals surface area contributed by atoms with Crippen LogP contribution >= 0.6 is 0 Å². The van der Waals surface area contributed by atoms with E-state index in [4.69, 9.17) is 36.3 Å². The van der Waals surface area contributed by atoms with E-state index in [9.17, 15) is 19.2 Å². The van der Waals surface area contributed by atoms with Crippen LogP contribution in [0, 0.1) is 0 Å². The van der Waals surface area contributed by atoms with Gasteiger partial charge in [-0.1, -0.05) is 297 Å². The molecule has 614 valence electrons. The predicted octanol–water partition coefficient (Wildman–Crippen LogP) is 21.5. The van der Waals surface area contributed by atoms with Gasteiger partial charge in [0.05, 0.1) is 106 Å². The molecular weight excluding hydrogens is 1330 g/mol. The minimum Gasteiger partial charge on any atom is -0.390 e. The van der Waals surface area contributed by atoms with E-state index >= 15 is 0 Å². The molecule has 0 aromatic rings. The molecule has 4 unspecified atom stereocenters. The van der Waals surface area contributed by atoms with Crippen LogP contribution in [-0.4, -0.2) is 205 Å². The number of hydrogen-bond acceptors (Lipinski definition) is 13. The van der Waals surface area contributed by atoms with Crippen LogP contribution in [0.15, 0.2) is 0 Å². The summed E-state index contributed by atoms with van der Waals surface area (Å²) in [5, 5.41) is 0. The van der Waals surface area contributed by atoms with E-state index in [-0.39, 0.29) is 51.2 Å². The van der Waals surface area contributed by atoms with Crippen LogP contribution in [0.5, 0.6) is 0 Å². The molecule has 4 atom stereocenters. The topological polar surface area (TPSA) is 158 Å². The van der Waals surface area contributed by atoms with E-state index in [0.29, 0.717) is 26.1 Å². The Labute approximate surface area is 638 Å². The fourth-order valence-electron chi connectivity index (χ4n) is 14.6. The van der Waals surface area contributed by atoms with Crippen LogP contribution in [0.25, 0.3) is 0 Å². The number of nitrogens with zero attached hydrogens (tertiary/aromatic N) is 3. The molecule has 18 heteroatoms. The molecule has 102 heavy (non-hydrogen) atoms. The van der Waals surface area contributed by atoms with Crippen molar-refractivity contribution in [1.82, 2.24) is 4.90 Å². The number of quaternary nitrogens is 2. The lowest BCUT2D eigenvalue weighted by molar-refractivity contribution is -0.890. The van der Waals surface area contributed by atoms with Gasteiger partial charge in [0.1, 0.15) is 6.10 Å². The Bertz CT molecular complexity index is 1720. The van der Waals surface area contributed by atoms with E-state index in [2.05, 4.69) is 60.9 Å². The molecule has 0 spiro atoms. The first-order chi connectivity index (χ1) is 49.1. The van der Waals surface area contributed by atoms with Gasteiger partial charge in [-0.25, -0.2) is 0 Å². The second-order valence-electron chi connectivity index (χ2n) is 33.1. The first-order valence-electron chi connectivity index (χ1n) is 44.4. The minimum absolute atomic E-state index is 0.0996. The Hall–Kier alpha value is 0.0506. The van der Waals surface area contributed by atoms with Crippen molar-refractivity contribution in [2.75, 3.05) is 121 Å². The Morgan fingerprint density at radius 3 is 0.853 bits per heavy atom. The van der Waals surface area contributed by atoms with Crippen LogP contribution in [0.4, 0.5) is 0 Å². The average molecular weight is 1510 g/mol. The Balaban J connectivity index is 5.28. The zero-order valence-corrected chi connectivity index (χ0v) is 73.6. The van der Waals surface area contributed by atoms with Crippen LogP contribution < -0.4 is 0 Å². The maximum atomic E-state index is 11.2. The first kappa shape index (κ1) is 102. The first-order valence-corrected chi connectivity index (χ1v) is 50.3. The predicted molar refractivity (Wildman–Crippen MR) is 441 cm³/mol. The smallest absolute Gasteiger partial charge is 0.390 e.